The Morgan fingerprint density at radius 3 is 2.46 bits per heavy atom. The van der Waals surface area contributed by atoms with E-state index in [4.69, 9.17) is 4.74 Å². The maximum atomic E-state index is 11.0. The molecular weight excluding hydrogens is 184 g/mol. The summed E-state index contributed by atoms with van der Waals surface area (Å²) in [5.74, 6) is 1.50. The normalized spacial score (nSPS) is 15.1. The van der Waals surface area contributed by atoms with Gasteiger partial charge in [-0.25, -0.2) is 0 Å². The first kappa shape index (κ1) is 12.8. The number of thiol groups is 1. The van der Waals surface area contributed by atoms with Crippen molar-refractivity contribution in [1.29, 1.82) is 0 Å². The molecule has 0 N–H and O–H groups in total. The Morgan fingerprint density at radius 1 is 1.38 bits per heavy atom. The monoisotopic (exact) mass is 204 g/mol. The highest BCUT2D eigenvalue weighted by molar-refractivity contribution is 7.80. The second kappa shape index (κ2) is 7.25. The van der Waals surface area contributed by atoms with Crippen LogP contribution in [0.25, 0.3) is 0 Å². The first-order chi connectivity index (χ1) is 6.11. The molecule has 78 valence electrons. The van der Waals surface area contributed by atoms with Crippen LogP contribution in [0, 0.1) is 11.8 Å². The molecule has 0 bridgehead atoms. The van der Waals surface area contributed by atoms with E-state index in [1.165, 1.54) is 0 Å². The van der Waals surface area contributed by atoms with Crippen LogP contribution in [0.15, 0.2) is 0 Å². The quantitative estimate of drug-likeness (QED) is 0.531. The number of hydrogen-bond acceptors (Lipinski definition) is 3. The molecule has 0 aliphatic rings. The van der Waals surface area contributed by atoms with Crippen molar-refractivity contribution in [2.45, 2.75) is 33.6 Å². The molecule has 0 saturated carbocycles. The van der Waals surface area contributed by atoms with Crippen LogP contribution in [0.3, 0.4) is 0 Å². The third kappa shape index (κ3) is 5.97. The maximum Gasteiger partial charge on any atom is 0.306 e. The number of hydrogen-bond donors (Lipinski definition) is 1. The summed E-state index contributed by atoms with van der Waals surface area (Å²) >= 11 is 3.96. The molecule has 2 unspecified atom stereocenters. The van der Waals surface area contributed by atoms with Crippen LogP contribution in [-0.4, -0.2) is 18.3 Å². The first-order valence-electron chi connectivity index (χ1n) is 4.88. The number of rotatable bonds is 6. The van der Waals surface area contributed by atoms with Crippen molar-refractivity contribution in [2.75, 3.05) is 12.4 Å². The fourth-order valence-corrected chi connectivity index (χ4v) is 1.14. The molecule has 0 amide bonds. The lowest BCUT2D eigenvalue weighted by atomic mass is 9.95. The van der Waals surface area contributed by atoms with E-state index in [0.717, 1.165) is 6.42 Å². The molecule has 0 aliphatic heterocycles. The van der Waals surface area contributed by atoms with Gasteiger partial charge in [0.2, 0.25) is 0 Å². The van der Waals surface area contributed by atoms with E-state index in [0.29, 0.717) is 30.6 Å². The van der Waals surface area contributed by atoms with E-state index in [-0.39, 0.29) is 5.97 Å². The summed E-state index contributed by atoms with van der Waals surface area (Å²) in [6, 6.07) is 0. The van der Waals surface area contributed by atoms with Gasteiger partial charge in [0.15, 0.2) is 0 Å². The Bertz CT molecular complexity index is 148. The van der Waals surface area contributed by atoms with Crippen molar-refractivity contribution >= 4 is 18.6 Å². The summed E-state index contributed by atoms with van der Waals surface area (Å²) in [6.07, 6.45) is 1.54. The van der Waals surface area contributed by atoms with Crippen molar-refractivity contribution < 1.29 is 9.53 Å². The van der Waals surface area contributed by atoms with Crippen LogP contribution in [0.1, 0.15) is 33.6 Å². The van der Waals surface area contributed by atoms with E-state index in [1.807, 2.05) is 0 Å². The molecule has 0 saturated heterocycles. The zero-order chi connectivity index (χ0) is 10.3. The third-order valence-corrected chi connectivity index (χ3v) is 2.66. The molecule has 0 rings (SSSR count). The van der Waals surface area contributed by atoms with E-state index >= 15 is 0 Å². The van der Waals surface area contributed by atoms with Crippen LogP contribution < -0.4 is 0 Å². The molecule has 0 fully saturated rings. The predicted octanol–water partition coefficient (Wildman–Crippen LogP) is 2.53. The minimum absolute atomic E-state index is 0.134. The highest BCUT2D eigenvalue weighted by atomic mass is 32.1. The molecule has 0 aromatic carbocycles. The van der Waals surface area contributed by atoms with Gasteiger partial charge in [-0.3, -0.25) is 4.79 Å². The summed E-state index contributed by atoms with van der Waals surface area (Å²) in [7, 11) is 0. The maximum absolute atomic E-state index is 11.0. The average molecular weight is 204 g/mol. The smallest absolute Gasteiger partial charge is 0.306 e. The summed E-state index contributed by atoms with van der Waals surface area (Å²) in [4.78, 5) is 11.0. The van der Waals surface area contributed by atoms with Crippen LogP contribution >= 0.6 is 12.6 Å². The molecular formula is C10H20O2S. The van der Waals surface area contributed by atoms with Crippen LogP contribution in [-0.2, 0) is 9.53 Å². The predicted molar refractivity (Wildman–Crippen MR) is 58.0 cm³/mol. The Labute approximate surface area is 86.5 Å². The van der Waals surface area contributed by atoms with Crippen molar-refractivity contribution in [3.8, 4) is 0 Å². The molecule has 0 heterocycles. The summed E-state index contributed by atoms with van der Waals surface area (Å²) in [5.41, 5.74) is 0. The molecule has 0 aromatic heterocycles. The van der Waals surface area contributed by atoms with Crippen molar-refractivity contribution in [3.63, 3.8) is 0 Å². The first-order valence-corrected chi connectivity index (χ1v) is 5.51. The van der Waals surface area contributed by atoms with E-state index in [9.17, 15) is 4.79 Å². The molecule has 3 heteroatoms. The van der Waals surface area contributed by atoms with Gasteiger partial charge in [0, 0.05) is 5.75 Å². The Kier molecular flexibility index (Phi) is 7.14. The van der Waals surface area contributed by atoms with E-state index in [1.54, 1.807) is 0 Å². The van der Waals surface area contributed by atoms with Gasteiger partial charge in [-0.2, -0.15) is 12.6 Å². The van der Waals surface area contributed by atoms with Gasteiger partial charge >= 0.3 is 5.97 Å². The Morgan fingerprint density at radius 2 is 2.00 bits per heavy atom. The molecule has 13 heavy (non-hydrogen) atoms. The second-order valence-electron chi connectivity index (χ2n) is 3.52. The highest BCUT2D eigenvalue weighted by Crippen LogP contribution is 2.14. The van der Waals surface area contributed by atoms with Crippen LogP contribution in [0.2, 0.25) is 0 Å². The van der Waals surface area contributed by atoms with E-state index < -0.39 is 0 Å². The molecule has 0 spiro atoms. The Hall–Kier alpha value is -0.180. The van der Waals surface area contributed by atoms with Gasteiger partial charge < -0.3 is 4.74 Å². The van der Waals surface area contributed by atoms with E-state index in [2.05, 4.69) is 33.4 Å². The lowest BCUT2D eigenvalue weighted by Crippen LogP contribution is -2.17. The summed E-state index contributed by atoms with van der Waals surface area (Å²) < 4.78 is 5.08. The molecule has 2 nitrogen and oxygen atoms in total. The van der Waals surface area contributed by atoms with Gasteiger partial charge in [-0.15, -0.1) is 0 Å². The zero-order valence-electron chi connectivity index (χ0n) is 8.75. The third-order valence-electron chi connectivity index (χ3n) is 2.44. The lowest BCUT2D eigenvalue weighted by molar-refractivity contribution is -0.144. The number of carbonyl (C=O) groups is 1. The van der Waals surface area contributed by atoms with Gasteiger partial charge in [0.05, 0.1) is 13.0 Å². The minimum Gasteiger partial charge on any atom is -0.465 e. The fourth-order valence-electron chi connectivity index (χ4n) is 0.954. The van der Waals surface area contributed by atoms with Crippen molar-refractivity contribution in [2.24, 2.45) is 11.8 Å². The van der Waals surface area contributed by atoms with Crippen molar-refractivity contribution in [3.05, 3.63) is 0 Å². The molecule has 0 aromatic rings. The topological polar surface area (TPSA) is 26.3 Å². The second-order valence-corrected chi connectivity index (χ2v) is 3.97. The summed E-state index contributed by atoms with van der Waals surface area (Å²) in [5, 5.41) is 0. The zero-order valence-corrected chi connectivity index (χ0v) is 9.64. The van der Waals surface area contributed by atoms with Gasteiger partial charge in [-0.1, -0.05) is 27.2 Å². The van der Waals surface area contributed by atoms with Crippen LogP contribution in [0.5, 0.6) is 0 Å². The standard InChI is InChI=1S/C10H20O2S/c1-4-8(2)9(3)7-12-10(11)5-6-13/h8-9,13H,4-7H2,1-3H3. The Balaban J connectivity index is 3.57. The number of esters is 1. The largest absolute Gasteiger partial charge is 0.465 e. The molecule has 2 atom stereocenters. The van der Waals surface area contributed by atoms with Crippen molar-refractivity contribution in [1.82, 2.24) is 0 Å². The fraction of sp³-hybridized carbons (Fsp3) is 0.900. The van der Waals surface area contributed by atoms with Gasteiger partial charge in [-0.05, 0) is 11.8 Å². The highest BCUT2D eigenvalue weighted by Gasteiger charge is 2.12. The average Bonchev–Trinajstić information content (AvgIpc) is 2.13. The minimum atomic E-state index is -0.134. The molecule has 0 aliphatic carbocycles. The molecule has 0 radical (unpaired) electrons. The van der Waals surface area contributed by atoms with Crippen LogP contribution in [0.4, 0.5) is 0 Å². The summed E-state index contributed by atoms with van der Waals surface area (Å²) in [6.45, 7) is 6.98. The lowest BCUT2D eigenvalue weighted by Gasteiger charge is -2.17. The van der Waals surface area contributed by atoms with Gasteiger partial charge in [0.1, 0.15) is 0 Å². The SMILES string of the molecule is CCC(C)C(C)COC(=O)CCS. The number of carbonyl (C=O) groups excluding carboxylic acids is 1. The van der Waals surface area contributed by atoms with Gasteiger partial charge in [0.25, 0.3) is 0 Å². The number of ether oxygens (including phenoxy) is 1.